The van der Waals surface area contributed by atoms with Crippen molar-refractivity contribution >= 4 is 17.8 Å². The summed E-state index contributed by atoms with van der Waals surface area (Å²) in [5.41, 5.74) is 0.795. The number of carbonyl (C=O) groups is 3. The number of nitrogens with zero attached hydrogens (tertiary/aromatic N) is 1. The zero-order chi connectivity index (χ0) is 24.3. The third-order valence-corrected chi connectivity index (χ3v) is 7.01. The molecule has 2 atom stereocenters. The Morgan fingerprint density at radius 1 is 1.03 bits per heavy atom. The van der Waals surface area contributed by atoms with Crippen LogP contribution in [0.2, 0.25) is 0 Å². The summed E-state index contributed by atoms with van der Waals surface area (Å²) in [5.74, 6) is 0.729. The van der Waals surface area contributed by atoms with E-state index < -0.39 is 23.5 Å². The number of rotatable bonds is 7. The van der Waals surface area contributed by atoms with E-state index in [1.54, 1.807) is 14.2 Å². The summed E-state index contributed by atoms with van der Waals surface area (Å²) in [7, 11) is 3.19. The van der Waals surface area contributed by atoms with Crippen molar-refractivity contribution in [3.63, 3.8) is 0 Å². The second kappa shape index (κ2) is 9.75. The van der Waals surface area contributed by atoms with Gasteiger partial charge in [-0.25, -0.2) is 4.79 Å². The molecule has 1 saturated heterocycles. The second-order valence-electron chi connectivity index (χ2n) is 8.99. The molecule has 0 bridgehead atoms. The summed E-state index contributed by atoms with van der Waals surface area (Å²) < 4.78 is 10.5. The number of hydrogen-bond donors (Lipinski definition) is 2. The number of hydrogen-bond acceptors (Lipinski definition) is 5. The second-order valence-corrected chi connectivity index (χ2v) is 8.99. The molecule has 2 fully saturated rings. The number of amides is 4. The number of ether oxygens (including phenoxy) is 2. The van der Waals surface area contributed by atoms with E-state index in [1.165, 1.54) is 0 Å². The molecule has 1 aliphatic carbocycles. The van der Waals surface area contributed by atoms with E-state index in [2.05, 4.69) is 10.6 Å². The molecule has 2 unspecified atom stereocenters. The van der Waals surface area contributed by atoms with Gasteiger partial charge in [-0.05, 0) is 54.2 Å². The van der Waals surface area contributed by atoms with Crippen LogP contribution in [0.1, 0.15) is 49.8 Å². The first-order valence-corrected chi connectivity index (χ1v) is 11.6. The molecule has 1 saturated carbocycles. The van der Waals surface area contributed by atoms with Crippen LogP contribution in [0.15, 0.2) is 48.5 Å². The Balaban J connectivity index is 1.54. The summed E-state index contributed by atoms with van der Waals surface area (Å²) in [6.45, 7) is 1.66. The maximum absolute atomic E-state index is 13.2. The minimum absolute atomic E-state index is 0.0390. The van der Waals surface area contributed by atoms with Crippen LogP contribution in [0.5, 0.6) is 11.5 Å². The van der Waals surface area contributed by atoms with Crippen molar-refractivity contribution in [3.8, 4) is 11.5 Å². The molecule has 0 radical (unpaired) electrons. The third-order valence-electron chi connectivity index (χ3n) is 7.01. The van der Waals surface area contributed by atoms with Gasteiger partial charge in [0.05, 0.1) is 20.3 Å². The Hall–Kier alpha value is -3.55. The molecule has 2 aliphatic rings. The van der Waals surface area contributed by atoms with Crippen molar-refractivity contribution in [3.05, 3.63) is 59.7 Å². The SMILES string of the molecule is COc1ccc(C(NC(=O)CN2C(=O)NC3(CCCCC3C)C2=O)c2ccc(OC)cc2)cc1. The molecule has 8 nitrogen and oxygen atoms in total. The average Bonchev–Trinajstić information content (AvgIpc) is 3.09. The van der Waals surface area contributed by atoms with Crippen LogP contribution in [0.3, 0.4) is 0 Å². The number of nitrogens with one attached hydrogen (secondary N) is 2. The highest BCUT2D eigenvalue weighted by Gasteiger charge is 2.55. The minimum atomic E-state index is -0.888. The molecule has 8 heteroatoms. The van der Waals surface area contributed by atoms with E-state index in [9.17, 15) is 14.4 Å². The third kappa shape index (κ3) is 4.44. The van der Waals surface area contributed by atoms with Crippen molar-refractivity contribution < 1.29 is 23.9 Å². The van der Waals surface area contributed by atoms with Gasteiger partial charge in [0.25, 0.3) is 5.91 Å². The van der Waals surface area contributed by atoms with E-state index in [1.807, 2.05) is 55.5 Å². The predicted octanol–water partition coefficient (Wildman–Crippen LogP) is 3.41. The van der Waals surface area contributed by atoms with Crippen molar-refractivity contribution in [2.24, 2.45) is 5.92 Å². The highest BCUT2D eigenvalue weighted by molar-refractivity contribution is 6.09. The van der Waals surface area contributed by atoms with Crippen molar-refractivity contribution in [1.82, 2.24) is 15.5 Å². The molecule has 2 N–H and O–H groups in total. The van der Waals surface area contributed by atoms with Crippen LogP contribution >= 0.6 is 0 Å². The topological polar surface area (TPSA) is 97.0 Å². The average molecular weight is 466 g/mol. The molecule has 180 valence electrons. The van der Waals surface area contributed by atoms with Gasteiger partial charge in [0.15, 0.2) is 0 Å². The summed E-state index contributed by atoms with van der Waals surface area (Å²) in [5, 5.41) is 5.90. The fourth-order valence-electron chi connectivity index (χ4n) is 4.94. The lowest BCUT2D eigenvalue weighted by molar-refractivity contribution is -0.137. The first-order valence-electron chi connectivity index (χ1n) is 11.6. The summed E-state index contributed by atoms with van der Waals surface area (Å²) >= 11 is 0. The lowest BCUT2D eigenvalue weighted by Gasteiger charge is -2.36. The molecule has 4 rings (SSSR count). The molecular formula is C26H31N3O5. The first kappa shape index (κ1) is 23.6. The molecule has 0 aromatic heterocycles. The number of carbonyl (C=O) groups excluding carboxylic acids is 3. The molecule has 2 aromatic rings. The lowest BCUT2D eigenvalue weighted by atomic mass is 9.73. The lowest BCUT2D eigenvalue weighted by Crippen LogP contribution is -2.54. The Kier molecular flexibility index (Phi) is 6.77. The molecule has 1 aliphatic heterocycles. The fraction of sp³-hybridized carbons (Fsp3) is 0.423. The molecular weight excluding hydrogens is 434 g/mol. The minimum Gasteiger partial charge on any atom is -0.497 e. The number of benzene rings is 2. The predicted molar refractivity (Wildman–Crippen MR) is 127 cm³/mol. The summed E-state index contributed by atoms with van der Waals surface area (Å²) in [6, 6.07) is 13.8. The van der Waals surface area contributed by atoms with Crippen LogP contribution in [0, 0.1) is 5.92 Å². The molecule has 4 amide bonds. The highest BCUT2D eigenvalue weighted by atomic mass is 16.5. The van der Waals surface area contributed by atoms with Gasteiger partial charge in [0, 0.05) is 0 Å². The van der Waals surface area contributed by atoms with Gasteiger partial charge in [0.1, 0.15) is 23.6 Å². The van der Waals surface area contributed by atoms with Crippen molar-refractivity contribution in [1.29, 1.82) is 0 Å². The van der Waals surface area contributed by atoms with E-state index >= 15 is 0 Å². The summed E-state index contributed by atoms with van der Waals surface area (Å²) in [4.78, 5) is 40.1. The van der Waals surface area contributed by atoms with Gasteiger partial charge in [-0.15, -0.1) is 0 Å². The largest absolute Gasteiger partial charge is 0.497 e. The monoisotopic (exact) mass is 465 g/mol. The van der Waals surface area contributed by atoms with E-state index in [-0.39, 0.29) is 18.4 Å². The van der Waals surface area contributed by atoms with Gasteiger partial charge >= 0.3 is 6.03 Å². The Morgan fingerprint density at radius 3 is 2.09 bits per heavy atom. The Labute approximate surface area is 199 Å². The number of methoxy groups -OCH3 is 2. The van der Waals surface area contributed by atoms with E-state index in [0.29, 0.717) is 17.9 Å². The zero-order valence-corrected chi connectivity index (χ0v) is 19.8. The number of imide groups is 1. The fourth-order valence-corrected chi connectivity index (χ4v) is 4.94. The van der Waals surface area contributed by atoms with Crippen LogP contribution in [0.4, 0.5) is 4.79 Å². The Bertz CT molecular complexity index is 1010. The Morgan fingerprint density at radius 2 is 1.59 bits per heavy atom. The molecule has 2 aromatic carbocycles. The smallest absolute Gasteiger partial charge is 0.325 e. The van der Waals surface area contributed by atoms with Crippen molar-refractivity contribution in [2.75, 3.05) is 20.8 Å². The van der Waals surface area contributed by atoms with Crippen molar-refractivity contribution in [2.45, 2.75) is 44.2 Å². The molecule has 1 heterocycles. The number of urea groups is 1. The standard InChI is InChI=1S/C26H31N3O5/c1-17-6-4-5-15-26(17)24(31)29(25(32)28-26)16-22(30)27-23(18-7-11-20(33-2)12-8-18)19-9-13-21(34-3)14-10-19/h7-14,17,23H,4-6,15-16H2,1-3H3,(H,27,30)(H,28,32). The normalized spacial score (nSPS) is 22.1. The molecule has 1 spiro atoms. The maximum atomic E-state index is 13.2. The van der Waals surface area contributed by atoms with Crippen LogP contribution in [-0.2, 0) is 9.59 Å². The van der Waals surface area contributed by atoms with Crippen LogP contribution < -0.4 is 20.1 Å². The van der Waals surface area contributed by atoms with E-state index in [0.717, 1.165) is 35.3 Å². The van der Waals surface area contributed by atoms with E-state index in [4.69, 9.17) is 9.47 Å². The van der Waals surface area contributed by atoms with Gasteiger partial charge < -0.3 is 20.1 Å². The molecule has 34 heavy (non-hydrogen) atoms. The van der Waals surface area contributed by atoms with Crippen LogP contribution in [0.25, 0.3) is 0 Å². The summed E-state index contributed by atoms with van der Waals surface area (Å²) in [6.07, 6.45) is 3.41. The van der Waals surface area contributed by atoms with Gasteiger partial charge in [-0.3, -0.25) is 14.5 Å². The maximum Gasteiger partial charge on any atom is 0.325 e. The van der Waals surface area contributed by atoms with Gasteiger partial charge in [0.2, 0.25) is 5.91 Å². The van der Waals surface area contributed by atoms with Crippen LogP contribution in [-0.4, -0.2) is 49.0 Å². The first-order chi connectivity index (χ1) is 16.4. The van der Waals surface area contributed by atoms with Gasteiger partial charge in [-0.1, -0.05) is 44.0 Å². The highest BCUT2D eigenvalue weighted by Crippen LogP contribution is 2.38. The zero-order valence-electron chi connectivity index (χ0n) is 19.8. The quantitative estimate of drug-likeness (QED) is 0.611. The van der Waals surface area contributed by atoms with Gasteiger partial charge in [-0.2, -0.15) is 0 Å².